The zero-order chi connectivity index (χ0) is 12.1. The molecule has 1 atom stereocenters. The average molecular weight is 239 g/mol. The lowest BCUT2D eigenvalue weighted by atomic mass is 10.2. The quantitative estimate of drug-likeness (QED) is 0.693. The second kappa shape index (κ2) is 6.72. The van der Waals surface area contributed by atoms with E-state index in [4.69, 9.17) is 0 Å². The maximum Gasteiger partial charge on any atom is 0.0209 e. The van der Waals surface area contributed by atoms with E-state index in [2.05, 4.69) is 29.0 Å². The summed E-state index contributed by atoms with van der Waals surface area (Å²) in [6.07, 6.45) is 5.46. The Balaban J connectivity index is 1.59. The van der Waals surface area contributed by atoms with Crippen LogP contribution in [0.1, 0.15) is 39.5 Å². The van der Waals surface area contributed by atoms with Gasteiger partial charge in [0.2, 0.25) is 0 Å². The standard InChI is InChI=1S/C14H29N3/c1-3-8-16(4-2)10-11-17-9-7-14(12-17)15-13-5-6-13/h13-15H,3-12H2,1-2H3. The molecule has 0 spiro atoms. The molecular weight excluding hydrogens is 210 g/mol. The van der Waals surface area contributed by atoms with E-state index in [9.17, 15) is 0 Å². The molecule has 3 heteroatoms. The van der Waals surface area contributed by atoms with Gasteiger partial charge in [-0.3, -0.25) is 0 Å². The largest absolute Gasteiger partial charge is 0.310 e. The van der Waals surface area contributed by atoms with Crippen LogP contribution in [0.2, 0.25) is 0 Å². The van der Waals surface area contributed by atoms with Crippen LogP contribution in [0.4, 0.5) is 0 Å². The van der Waals surface area contributed by atoms with Crippen molar-refractivity contribution in [2.24, 2.45) is 0 Å². The molecule has 2 fully saturated rings. The minimum absolute atomic E-state index is 0.781. The normalized spacial score (nSPS) is 25.9. The van der Waals surface area contributed by atoms with Crippen molar-refractivity contribution in [3.63, 3.8) is 0 Å². The van der Waals surface area contributed by atoms with E-state index >= 15 is 0 Å². The molecule has 2 aliphatic rings. The molecule has 1 saturated carbocycles. The van der Waals surface area contributed by atoms with E-state index < -0.39 is 0 Å². The molecule has 1 aliphatic carbocycles. The Hall–Kier alpha value is -0.120. The Morgan fingerprint density at radius 2 is 1.94 bits per heavy atom. The fourth-order valence-corrected chi connectivity index (χ4v) is 2.78. The monoisotopic (exact) mass is 239 g/mol. The van der Waals surface area contributed by atoms with Crippen LogP contribution < -0.4 is 5.32 Å². The molecule has 17 heavy (non-hydrogen) atoms. The van der Waals surface area contributed by atoms with Crippen LogP contribution in [0.25, 0.3) is 0 Å². The van der Waals surface area contributed by atoms with Gasteiger partial charge in [0.25, 0.3) is 0 Å². The molecule has 0 radical (unpaired) electrons. The van der Waals surface area contributed by atoms with E-state index in [1.165, 1.54) is 65.0 Å². The SMILES string of the molecule is CCCN(CC)CCN1CCC(NC2CC2)C1. The van der Waals surface area contributed by atoms with E-state index in [1.807, 2.05) is 0 Å². The first kappa shape index (κ1) is 13.3. The zero-order valence-corrected chi connectivity index (χ0v) is 11.6. The van der Waals surface area contributed by atoms with Crippen molar-refractivity contribution < 1.29 is 0 Å². The van der Waals surface area contributed by atoms with E-state index in [0.29, 0.717) is 0 Å². The van der Waals surface area contributed by atoms with Crippen molar-refractivity contribution in [2.75, 3.05) is 39.3 Å². The molecule has 1 saturated heterocycles. The lowest BCUT2D eigenvalue weighted by Gasteiger charge is -2.23. The summed E-state index contributed by atoms with van der Waals surface area (Å²) < 4.78 is 0. The number of hydrogen-bond acceptors (Lipinski definition) is 3. The van der Waals surface area contributed by atoms with E-state index in [1.54, 1.807) is 0 Å². The van der Waals surface area contributed by atoms with Gasteiger partial charge in [0.05, 0.1) is 0 Å². The summed E-state index contributed by atoms with van der Waals surface area (Å²) in [4.78, 5) is 5.21. The maximum atomic E-state index is 3.75. The number of nitrogens with one attached hydrogen (secondary N) is 1. The van der Waals surface area contributed by atoms with Crippen molar-refractivity contribution in [1.82, 2.24) is 15.1 Å². The first-order valence-electron chi connectivity index (χ1n) is 7.52. The summed E-state index contributed by atoms with van der Waals surface area (Å²) in [7, 11) is 0. The number of rotatable bonds is 8. The Labute approximate surface area is 107 Å². The topological polar surface area (TPSA) is 18.5 Å². The van der Waals surface area contributed by atoms with Crippen molar-refractivity contribution >= 4 is 0 Å². The number of likely N-dealkylation sites (tertiary alicyclic amines) is 1. The summed E-state index contributed by atoms with van der Waals surface area (Å²) in [5.41, 5.74) is 0. The Bertz CT molecular complexity index is 216. The number of hydrogen-bond donors (Lipinski definition) is 1. The highest BCUT2D eigenvalue weighted by molar-refractivity contribution is 4.89. The van der Waals surface area contributed by atoms with Gasteiger partial charge < -0.3 is 15.1 Å². The minimum atomic E-state index is 0.781. The van der Waals surface area contributed by atoms with Crippen LogP contribution in [0, 0.1) is 0 Å². The highest BCUT2D eigenvalue weighted by atomic mass is 15.2. The fraction of sp³-hybridized carbons (Fsp3) is 1.00. The molecule has 100 valence electrons. The molecule has 0 aromatic heterocycles. The van der Waals surface area contributed by atoms with Crippen LogP contribution in [0.3, 0.4) is 0 Å². The molecule has 1 N–H and O–H groups in total. The maximum absolute atomic E-state index is 3.75. The second-order valence-corrected chi connectivity index (χ2v) is 5.66. The lowest BCUT2D eigenvalue weighted by Crippen LogP contribution is -2.37. The Morgan fingerprint density at radius 1 is 1.12 bits per heavy atom. The van der Waals surface area contributed by atoms with Gasteiger partial charge in [-0.25, -0.2) is 0 Å². The van der Waals surface area contributed by atoms with Crippen LogP contribution in [0.5, 0.6) is 0 Å². The number of likely N-dealkylation sites (N-methyl/N-ethyl adjacent to an activating group) is 1. The molecule has 0 bridgehead atoms. The van der Waals surface area contributed by atoms with Gasteiger partial charge in [0.1, 0.15) is 0 Å². The molecule has 0 aromatic carbocycles. The molecule has 1 aliphatic heterocycles. The van der Waals surface area contributed by atoms with Crippen LogP contribution in [-0.4, -0.2) is 61.2 Å². The predicted molar refractivity (Wildman–Crippen MR) is 73.4 cm³/mol. The highest BCUT2D eigenvalue weighted by Crippen LogP contribution is 2.21. The van der Waals surface area contributed by atoms with Crippen molar-refractivity contribution in [2.45, 2.75) is 51.6 Å². The molecule has 3 nitrogen and oxygen atoms in total. The molecule has 1 unspecified atom stereocenters. The average Bonchev–Trinajstić information content (AvgIpc) is 3.03. The minimum Gasteiger partial charge on any atom is -0.310 e. The third kappa shape index (κ3) is 4.57. The molecule has 2 rings (SSSR count). The van der Waals surface area contributed by atoms with Gasteiger partial charge >= 0.3 is 0 Å². The van der Waals surface area contributed by atoms with Crippen molar-refractivity contribution in [3.05, 3.63) is 0 Å². The zero-order valence-electron chi connectivity index (χ0n) is 11.6. The molecular formula is C14H29N3. The molecule has 0 aromatic rings. The third-order valence-corrected chi connectivity index (χ3v) is 4.04. The summed E-state index contributed by atoms with van der Waals surface area (Å²) in [5.74, 6) is 0. The van der Waals surface area contributed by atoms with Gasteiger partial charge in [-0.2, -0.15) is 0 Å². The van der Waals surface area contributed by atoms with E-state index in [0.717, 1.165) is 12.1 Å². The van der Waals surface area contributed by atoms with Gasteiger partial charge in [0, 0.05) is 31.7 Å². The van der Waals surface area contributed by atoms with Gasteiger partial charge in [-0.1, -0.05) is 13.8 Å². The van der Waals surface area contributed by atoms with Crippen LogP contribution in [-0.2, 0) is 0 Å². The second-order valence-electron chi connectivity index (χ2n) is 5.66. The van der Waals surface area contributed by atoms with Crippen molar-refractivity contribution in [1.29, 1.82) is 0 Å². The summed E-state index contributed by atoms with van der Waals surface area (Å²) in [6.45, 7) is 12.1. The van der Waals surface area contributed by atoms with Gasteiger partial charge in [0.15, 0.2) is 0 Å². The Morgan fingerprint density at radius 3 is 2.59 bits per heavy atom. The number of nitrogens with zero attached hydrogens (tertiary/aromatic N) is 2. The first-order valence-corrected chi connectivity index (χ1v) is 7.52. The molecule has 1 heterocycles. The summed E-state index contributed by atoms with van der Waals surface area (Å²) in [6, 6.07) is 1.65. The highest BCUT2D eigenvalue weighted by Gasteiger charge is 2.28. The predicted octanol–water partition coefficient (Wildman–Crippen LogP) is 1.54. The molecule has 0 amide bonds. The summed E-state index contributed by atoms with van der Waals surface area (Å²) in [5, 5.41) is 3.75. The van der Waals surface area contributed by atoms with Crippen molar-refractivity contribution in [3.8, 4) is 0 Å². The van der Waals surface area contributed by atoms with E-state index in [-0.39, 0.29) is 0 Å². The Kier molecular flexibility index (Phi) is 5.26. The van der Waals surface area contributed by atoms with Gasteiger partial charge in [-0.05, 0) is 45.3 Å². The third-order valence-electron chi connectivity index (χ3n) is 4.04. The van der Waals surface area contributed by atoms with Crippen LogP contribution >= 0.6 is 0 Å². The first-order chi connectivity index (χ1) is 8.31. The van der Waals surface area contributed by atoms with Crippen LogP contribution in [0.15, 0.2) is 0 Å². The summed E-state index contributed by atoms with van der Waals surface area (Å²) >= 11 is 0. The smallest absolute Gasteiger partial charge is 0.0209 e. The lowest BCUT2D eigenvalue weighted by molar-refractivity contribution is 0.230. The fourth-order valence-electron chi connectivity index (χ4n) is 2.78. The van der Waals surface area contributed by atoms with Gasteiger partial charge in [-0.15, -0.1) is 0 Å².